The summed E-state index contributed by atoms with van der Waals surface area (Å²) in [6, 6.07) is 7.95. The van der Waals surface area contributed by atoms with E-state index < -0.39 is 15.8 Å². The van der Waals surface area contributed by atoms with Gasteiger partial charge in [-0.3, -0.25) is 19.6 Å². The van der Waals surface area contributed by atoms with Crippen LogP contribution in [0.4, 0.5) is 38.9 Å². The van der Waals surface area contributed by atoms with E-state index in [1.807, 2.05) is 6.07 Å². The zero-order chi connectivity index (χ0) is 33.1. The van der Waals surface area contributed by atoms with Crippen molar-refractivity contribution in [3.63, 3.8) is 0 Å². The van der Waals surface area contributed by atoms with Gasteiger partial charge in [0, 0.05) is 69.5 Å². The van der Waals surface area contributed by atoms with Gasteiger partial charge in [-0.2, -0.15) is 4.98 Å². The third-order valence-corrected chi connectivity index (χ3v) is 9.39. The number of halogens is 1. The molecule has 2 aromatic carbocycles. The fourth-order valence-corrected chi connectivity index (χ4v) is 6.89. The first-order valence-corrected chi connectivity index (χ1v) is 17.7. The minimum absolute atomic E-state index is 0.128. The Labute approximate surface area is 274 Å². The Bertz CT molecular complexity index is 1840. The second-order valence-electron chi connectivity index (χ2n) is 12.0. The minimum atomic E-state index is -3.70. The quantitative estimate of drug-likeness (QED) is 0.224. The van der Waals surface area contributed by atoms with Gasteiger partial charge in [0.05, 0.1) is 42.1 Å². The van der Waals surface area contributed by atoms with E-state index in [-0.39, 0.29) is 23.1 Å². The lowest BCUT2D eigenvalue weighted by molar-refractivity contribution is 0.0982. The predicted molar refractivity (Wildman–Crippen MR) is 183 cm³/mol. The van der Waals surface area contributed by atoms with Crippen molar-refractivity contribution < 1.29 is 17.5 Å². The Hall–Kier alpha value is -4.34. The summed E-state index contributed by atoms with van der Waals surface area (Å²) in [5, 5.41) is 6.11. The smallest absolute Gasteiger partial charge is 0.229 e. The summed E-state index contributed by atoms with van der Waals surface area (Å²) in [6.45, 7) is 8.60. The molecule has 2 aromatic heterocycles. The zero-order valence-electron chi connectivity index (χ0n) is 27.1. The summed E-state index contributed by atoms with van der Waals surface area (Å²) in [6.07, 6.45) is 8.09. The van der Waals surface area contributed by atoms with Crippen LogP contribution in [0.15, 0.2) is 42.9 Å². The summed E-state index contributed by atoms with van der Waals surface area (Å²) in [4.78, 5) is 24.6. The highest BCUT2D eigenvalue weighted by atomic mass is 32.2. The normalized spacial score (nSPS) is 16.7. The first-order chi connectivity index (χ1) is 22.6. The van der Waals surface area contributed by atoms with Crippen LogP contribution in [-0.4, -0.2) is 104 Å². The molecule has 3 N–H and O–H groups in total. The molecule has 13 nitrogen and oxygen atoms in total. The van der Waals surface area contributed by atoms with E-state index in [1.54, 1.807) is 19.2 Å². The van der Waals surface area contributed by atoms with Crippen molar-refractivity contribution in [2.24, 2.45) is 0 Å². The number of aromatic nitrogens is 4. The zero-order valence-corrected chi connectivity index (χ0v) is 27.9. The summed E-state index contributed by atoms with van der Waals surface area (Å²) >= 11 is 0. The lowest BCUT2D eigenvalue weighted by Crippen LogP contribution is -2.52. The van der Waals surface area contributed by atoms with Crippen LogP contribution in [-0.2, 0) is 16.4 Å². The van der Waals surface area contributed by atoms with Crippen molar-refractivity contribution in [3.05, 3.63) is 54.2 Å². The Balaban J connectivity index is 1.22. The molecule has 2 saturated heterocycles. The molecule has 0 saturated carbocycles. The van der Waals surface area contributed by atoms with Gasteiger partial charge in [0.15, 0.2) is 11.6 Å². The molecule has 0 amide bonds. The van der Waals surface area contributed by atoms with E-state index in [1.165, 1.54) is 12.4 Å². The minimum Gasteiger partial charge on any atom is -0.494 e. The summed E-state index contributed by atoms with van der Waals surface area (Å²) < 4.78 is 47.7. The van der Waals surface area contributed by atoms with Gasteiger partial charge in [0.2, 0.25) is 16.0 Å². The number of methoxy groups -OCH3 is 1. The van der Waals surface area contributed by atoms with Crippen molar-refractivity contribution in [1.82, 2.24) is 29.7 Å². The third-order valence-electron chi connectivity index (χ3n) is 8.81. The van der Waals surface area contributed by atoms with Gasteiger partial charge >= 0.3 is 0 Å². The molecule has 2 aliphatic rings. The number of sulfonamides is 1. The molecule has 0 spiro atoms. The number of rotatable bonds is 10. The Morgan fingerprint density at radius 1 is 0.979 bits per heavy atom. The molecule has 0 atom stereocenters. The number of nitrogens with zero attached hydrogens (tertiary/aromatic N) is 7. The highest BCUT2D eigenvalue weighted by Gasteiger charge is 2.28. The number of fused-ring (bicyclic) bond motifs is 1. The van der Waals surface area contributed by atoms with Gasteiger partial charge in [-0.05, 0) is 50.1 Å². The van der Waals surface area contributed by atoms with Crippen LogP contribution in [0.25, 0.3) is 11.0 Å². The maximum absolute atomic E-state index is 15.0. The molecule has 0 unspecified atom stereocenters. The second-order valence-corrected chi connectivity index (χ2v) is 13.8. The molecule has 0 bridgehead atoms. The van der Waals surface area contributed by atoms with Crippen molar-refractivity contribution in [2.45, 2.75) is 32.2 Å². The topological polar surface area (TPSA) is 141 Å². The summed E-state index contributed by atoms with van der Waals surface area (Å²) in [7, 11) is 0.112. The molecule has 6 rings (SSSR count). The third kappa shape index (κ3) is 7.47. The molecular formula is C32H41FN10O3S. The molecular weight excluding hydrogens is 623 g/mol. The van der Waals surface area contributed by atoms with Crippen LogP contribution in [0.1, 0.15) is 25.3 Å². The highest BCUT2D eigenvalue weighted by Crippen LogP contribution is 2.37. The van der Waals surface area contributed by atoms with Gasteiger partial charge in [-0.15, -0.1) is 0 Å². The van der Waals surface area contributed by atoms with E-state index in [2.05, 4.69) is 70.0 Å². The number of hydrogen-bond donors (Lipinski definition) is 3. The van der Waals surface area contributed by atoms with Gasteiger partial charge in [-0.25, -0.2) is 17.8 Å². The van der Waals surface area contributed by atoms with Crippen LogP contribution in [0.2, 0.25) is 0 Å². The largest absolute Gasteiger partial charge is 0.494 e. The average molecular weight is 665 g/mol. The average Bonchev–Trinajstić information content (AvgIpc) is 3.07. The number of piperidine rings is 1. The SMILES string of the molecule is CCc1cc(Nc2ncc(F)c(Nc3ccc4nccnc4c3NS(C)(=O)=O)n2)c(OC)cc1N1CCC(N2CCN(C)CC2)CC1. The number of benzene rings is 2. The first kappa shape index (κ1) is 32.6. The summed E-state index contributed by atoms with van der Waals surface area (Å²) in [5.41, 5.74) is 4.10. The van der Waals surface area contributed by atoms with Gasteiger partial charge < -0.3 is 25.2 Å². The number of hydrogen-bond acceptors (Lipinski definition) is 12. The molecule has 250 valence electrons. The van der Waals surface area contributed by atoms with E-state index in [0.717, 1.165) is 82.2 Å². The van der Waals surface area contributed by atoms with Crippen LogP contribution in [0, 0.1) is 5.82 Å². The monoisotopic (exact) mass is 664 g/mol. The lowest BCUT2D eigenvalue weighted by atomic mass is 9.99. The molecule has 4 aromatic rings. The first-order valence-electron chi connectivity index (χ1n) is 15.8. The van der Waals surface area contributed by atoms with E-state index in [4.69, 9.17) is 4.74 Å². The van der Waals surface area contributed by atoms with E-state index >= 15 is 4.39 Å². The number of ether oxygens (including phenoxy) is 1. The number of piperazine rings is 1. The van der Waals surface area contributed by atoms with Crippen LogP contribution >= 0.6 is 0 Å². The fraction of sp³-hybridized carbons (Fsp3) is 0.438. The Morgan fingerprint density at radius 3 is 2.43 bits per heavy atom. The van der Waals surface area contributed by atoms with Gasteiger partial charge in [0.25, 0.3) is 0 Å². The number of anilines is 6. The van der Waals surface area contributed by atoms with Crippen molar-refractivity contribution in [3.8, 4) is 5.75 Å². The molecule has 15 heteroatoms. The maximum atomic E-state index is 15.0. The molecule has 2 aliphatic heterocycles. The van der Waals surface area contributed by atoms with Gasteiger partial charge in [0.1, 0.15) is 11.3 Å². The fourth-order valence-electron chi connectivity index (χ4n) is 6.31. The Morgan fingerprint density at radius 2 is 1.72 bits per heavy atom. The van der Waals surface area contributed by atoms with Gasteiger partial charge in [-0.1, -0.05) is 6.92 Å². The highest BCUT2D eigenvalue weighted by molar-refractivity contribution is 7.92. The summed E-state index contributed by atoms with van der Waals surface area (Å²) in [5.74, 6) is -0.129. The van der Waals surface area contributed by atoms with E-state index in [0.29, 0.717) is 28.5 Å². The van der Waals surface area contributed by atoms with Crippen molar-refractivity contribution in [1.29, 1.82) is 0 Å². The standard InChI is InChI=1S/C32H41FN10O3S/c1-5-21-18-26(28(46-3)19-27(21)43-12-8-22(9-13-43)42-16-14-41(2)15-17-42)38-32-36-20-23(33)31(39-32)37-25-7-6-24-29(35-11-10-34-24)30(25)40-47(4,44)45/h6-7,10-11,18-20,22,40H,5,8-9,12-17H2,1-4H3,(H2,36,37,38,39). The van der Waals surface area contributed by atoms with Crippen LogP contribution in [0.5, 0.6) is 5.75 Å². The Kier molecular flexibility index (Phi) is 9.57. The van der Waals surface area contributed by atoms with E-state index in [9.17, 15) is 8.42 Å². The second kappa shape index (κ2) is 13.8. The van der Waals surface area contributed by atoms with Crippen molar-refractivity contribution in [2.75, 3.05) is 79.9 Å². The number of nitrogens with one attached hydrogen (secondary N) is 3. The van der Waals surface area contributed by atoms with Crippen LogP contribution in [0.3, 0.4) is 0 Å². The lowest BCUT2D eigenvalue weighted by Gasteiger charge is -2.43. The van der Waals surface area contributed by atoms with Crippen LogP contribution < -0.4 is 25.0 Å². The predicted octanol–water partition coefficient (Wildman–Crippen LogP) is 4.20. The molecule has 0 aliphatic carbocycles. The molecule has 47 heavy (non-hydrogen) atoms. The number of aryl methyl sites for hydroxylation is 1. The molecule has 0 radical (unpaired) electrons. The maximum Gasteiger partial charge on any atom is 0.229 e. The molecule has 2 fully saturated rings. The molecule has 4 heterocycles. The number of likely N-dealkylation sites (N-methyl/N-ethyl adjacent to an activating group) is 1. The van der Waals surface area contributed by atoms with Crippen molar-refractivity contribution >= 4 is 55.6 Å².